The van der Waals surface area contributed by atoms with Gasteiger partial charge in [-0.3, -0.25) is 19.4 Å². The molecular weight excluding hydrogens is 949 g/mol. The van der Waals surface area contributed by atoms with Gasteiger partial charge >= 0.3 is 11.9 Å². The zero-order valence-corrected chi connectivity index (χ0v) is 49.6. The summed E-state index contributed by atoms with van der Waals surface area (Å²) in [4.78, 5) is 24.5. The van der Waals surface area contributed by atoms with E-state index < -0.39 is 11.9 Å². The van der Waals surface area contributed by atoms with Crippen molar-refractivity contribution in [2.45, 2.75) is 222 Å². The van der Waals surface area contributed by atoms with Crippen LogP contribution in [0.5, 0.6) is 0 Å². The molecule has 76 heavy (non-hydrogen) atoms. The molecule has 18 atom stereocenters. The van der Waals surface area contributed by atoms with Crippen molar-refractivity contribution in [3.05, 3.63) is 23.3 Å². The van der Waals surface area contributed by atoms with E-state index in [1.54, 1.807) is 11.1 Å². The highest BCUT2D eigenvalue weighted by Crippen LogP contribution is 2.69. The predicted octanol–water partition coefficient (Wildman–Crippen LogP) is 13.3. The van der Waals surface area contributed by atoms with Gasteiger partial charge in [-0.25, -0.2) is 0 Å². The van der Waals surface area contributed by atoms with Crippen LogP contribution in [0.1, 0.15) is 209 Å². The summed E-state index contributed by atoms with van der Waals surface area (Å²) in [5, 5.41) is 36.4. The van der Waals surface area contributed by atoms with Crippen LogP contribution in [0.15, 0.2) is 23.3 Å². The zero-order valence-electron chi connectivity index (χ0n) is 49.6. The SMILES string of the molecule is CC(CCC[C@@H](C)[C@H]1CC[C@H]2[C@@H]3CC=C4C[C@@H](O)CC[C@]4(C)[C@H]3CC[C@]12C)CN1CCOCC1.CC(CCC[C@@H](C)[C@H]1CC[C@H]2[C@@H]3CC=C4C[C@@H](O)CC[C@]4(C)[C@H]3CC[C@]12C)CN1CCOCC1.O=C(O)CCC(=O)O. The molecule has 10 rings (SSSR count). The van der Waals surface area contributed by atoms with Gasteiger partial charge < -0.3 is 29.9 Å². The van der Waals surface area contributed by atoms with Crippen molar-refractivity contribution >= 4 is 11.9 Å². The van der Waals surface area contributed by atoms with E-state index in [-0.39, 0.29) is 25.0 Å². The van der Waals surface area contributed by atoms with Gasteiger partial charge in [0.15, 0.2) is 0 Å². The molecule has 0 aromatic rings. The summed E-state index contributed by atoms with van der Waals surface area (Å²) in [6, 6.07) is 0. The lowest BCUT2D eigenvalue weighted by Gasteiger charge is -2.58. The molecule has 0 amide bonds. The molecule has 4 N–H and O–H groups in total. The van der Waals surface area contributed by atoms with Crippen molar-refractivity contribution in [2.24, 2.45) is 92.7 Å². The van der Waals surface area contributed by atoms with Gasteiger partial charge in [-0.15, -0.1) is 0 Å². The minimum Gasteiger partial charge on any atom is -0.481 e. The first-order valence-electron chi connectivity index (χ1n) is 32.0. The van der Waals surface area contributed by atoms with E-state index >= 15 is 0 Å². The summed E-state index contributed by atoms with van der Waals surface area (Å²) in [5.41, 5.74) is 5.12. The number of hydrogen-bond acceptors (Lipinski definition) is 8. The number of morpholine rings is 2. The molecule has 2 heterocycles. The molecule has 10 nitrogen and oxygen atoms in total. The van der Waals surface area contributed by atoms with Gasteiger partial charge in [-0.2, -0.15) is 0 Å². The van der Waals surface area contributed by atoms with Crippen LogP contribution in [0.2, 0.25) is 0 Å². The molecule has 6 saturated carbocycles. The van der Waals surface area contributed by atoms with Crippen molar-refractivity contribution in [1.29, 1.82) is 0 Å². The maximum absolute atomic E-state index is 10.3. The Morgan fingerprint density at radius 3 is 1.29 bits per heavy atom. The van der Waals surface area contributed by atoms with Crippen molar-refractivity contribution in [1.82, 2.24) is 9.80 Å². The van der Waals surface area contributed by atoms with E-state index in [1.807, 2.05) is 0 Å². The molecule has 0 aromatic carbocycles. The minimum atomic E-state index is -1.08. The van der Waals surface area contributed by atoms with Gasteiger partial charge in [0.1, 0.15) is 0 Å². The lowest BCUT2D eigenvalue weighted by Crippen LogP contribution is -2.50. The molecule has 0 radical (unpaired) electrons. The Balaban J connectivity index is 0.000000176. The van der Waals surface area contributed by atoms with Crippen LogP contribution < -0.4 is 0 Å². The number of carbonyl (C=O) groups is 2. The van der Waals surface area contributed by atoms with Gasteiger partial charge in [-0.1, -0.05) is 104 Å². The predicted molar refractivity (Wildman–Crippen MR) is 306 cm³/mol. The highest BCUT2D eigenvalue weighted by atomic mass is 16.5. The number of fused-ring (bicyclic) bond motifs is 10. The molecule has 2 saturated heterocycles. The monoisotopic (exact) mass is 1060 g/mol. The Bertz CT molecular complexity index is 1810. The molecule has 8 aliphatic carbocycles. The third-order valence-corrected chi connectivity index (χ3v) is 24.3. The molecule has 0 spiro atoms. The second-order valence-corrected chi connectivity index (χ2v) is 28.9. The number of ether oxygens (including phenoxy) is 2. The summed E-state index contributed by atoms with van der Waals surface area (Å²) < 4.78 is 11.0. The maximum Gasteiger partial charge on any atom is 0.303 e. The fourth-order valence-corrected chi connectivity index (χ4v) is 20.1. The van der Waals surface area contributed by atoms with Crippen LogP contribution in [0.3, 0.4) is 0 Å². The topological polar surface area (TPSA) is 140 Å². The van der Waals surface area contributed by atoms with Crippen LogP contribution >= 0.6 is 0 Å². The highest BCUT2D eigenvalue weighted by molar-refractivity contribution is 5.75. The summed E-state index contributed by atoms with van der Waals surface area (Å²) in [6.45, 7) is 31.4. The second kappa shape index (κ2) is 26.4. The van der Waals surface area contributed by atoms with Gasteiger partial charge in [-0.05, 0) is 208 Å². The molecule has 2 aliphatic heterocycles. The third-order valence-electron chi connectivity index (χ3n) is 24.3. The summed E-state index contributed by atoms with van der Waals surface area (Å²) >= 11 is 0. The molecule has 0 bridgehead atoms. The van der Waals surface area contributed by atoms with E-state index in [4.69, 9.17) is 19.7 Å². The van der Waals surface area contributed by atoms with Crippen molar-refractivity contribution in [3.8, 4) is 0 Å². The van der Waals surface area contributed by atoms with Crippen molar-refractivity contribution in [3.63, 3.8) is 0 Å². The number of hydrogen-bond donors (Lipinski definition) is 4. The molecule has 434 valence electrons. The van der Waals surface area contributed by atoms with Crippen LogP contribution in [0.4, 0.5) is 0 Å². The molecule has 8 fully saturated rings. The third kappa shape index (κ3) is 13.7. The molecule has 2 unspecified atom stereocenters. The number of nitrogens with zero attached hydrogens (tertiary/aromatic N) is 2. The Morgan fingerprint density at radius 2 is 0.921 bits per heavy atom. The van der Waals surface area contributed by atoms with Crippen LogP contribution in [-0.2, 0) is 19.1 Å². The quantitative estimate of drug-likeness (QED) is 0.104. The Morgan fingerprint density at radius 1 is 0.539 bits per heavy atom. The number of carboxylic acids is 2. The van der Waals surface area contributed by atoms with Gasteiger partial charge in [0.2, 0.25) is 0 Å². The zero-order chi connectivity index (χ0) is 54.4. The first kappa shape index (κ1) is 60.3. The second-order valence-electron chi connectivity index (χ2n) is 28.9. The van der Waals surface area contributed by atoms with E-state index in [0.29, 0.717) is 21.7 Å². The number of rotatable bonds is 17. The molecule has 10 heteroatoms. The van der Waals surface area contributed by atoms with Crippen LogP contribution in [0.25, 0.3) is 0 Å². The van der Waals surface area contributed by atoms with Gasteiger partial charge in [0.25, 0.3) is 0 Å². The average Bonchev–Trinajstić information content (AvgIpc) is 3.99. The van der Waals surface area contributed by atoms with E-state index in [0.717, 1.165) is 149 Å². The fraction of sp³-hybridized carbons (Fsp3) is 0.909. The lowest BCUT2D eigenvalue weighted by atomic mass is 9.47. The fourth-order valence-electron chi connectivity index (χ4n) is 20.1. The first-order chi connectivity index (χ1) is 36.2. The normalized spacial score (nSPS) is 40.7. The first-order valence-corrected chi connectivity index (χ1v) is 32.0. The standard InChI is InChI=1S/2C31H53NO2.C4H6O4/c2*1-22(21-32-16-18-34-19-17-32)6-5-7-23(2)27-10-11-28-26-9-8-24-20-25(33)12-14-30(24,3)29(26)13-15-31(27,28)4;5-3(6)1-2-4(7)8/h2*8,22-23,25-29,33H,5-7,9-21H2,1-4H3;1-2H2,(H,5,6)(H,7,8)/t2*22?,23-,25+,26+,27-,28+,29+,30+,31-;/m11./s1. The molecule has 0 aromatic heterocycles. The van der Waals surface area contributed by atoms with Crippen molar-refractivity contribution in [2.75, 3.05) is 65.7 Å². The maximum atomic E-state index is 10.3. The molecule has 10 aliphatic rings. The summed E-state index contributed by atoms with van der Waals surface area (Å²) in [7, 11) is 0. The largest absolute Gasteiger partial charge is 0.481 e. The van der Waals surface area contributed by atoms with Gasteiger partial charge in [0.05, 0.1) is 51.5 Å². The Hall–Kier alpha value is -1.82. The highest BCUT2D eigenvalue weighted by Gasteiger charge is 2.61. The minimum absolute atomic E-state index is 0.0852. The summed E-state index contributed by atoms with van der Waals surface area (Å²) in [6.07, 6.45) is 33.5. The van der Waals surface area contributed by atoms with Gasteiger partial charge in [0, 0.05) is 39.3 Å². The van der Waals surface area contributed by atoms with Crippen molar-refractivity contribution < 1.29 is 39.5 Å². The van der Waals surface area contributed by atoms with Crippen LogP contribution in [-0.4, -0.2) is 120 Å². The number of aliphatic hydroxyl groups excluding tert-OH is 2. The lowest BCUT2D eigenvalue weighted by molar-refractivity contribution is -0.143. The van der Waals surface area contributed by atoms with E-state index in [1.165, 1.54) is 129 Å². The number of carboxylic acid groups (broad SMARTS) is 2. The summed E-state index contributed by atoms with van der Waals surface area (Å²) in [5.74, 6) is 8.47. The average molecular weight is 1060 g/mol. The van der Waals surface area contributed by atoms with Crippen LogP contribution in [0, 0.1) is 92.7 Å². The Kier molecular flexibility index (Phi) is 20.9. The smallest absolute Gasteiger partial charge is 0.303 e. The Labute approximate surface area is 462 Å². The number of allylic oxidation sites excluding steroid dienone is 2. The van der Waals surface area contributed by atoms with E-state index in [9.17, 15) is 19.8 Å². The van der Waals surface area contributed by atoms with E-state index in [2.05, 4.69) is 77.3 Å². The molecular formula is C66H112N2O8. The number of aliphatic hydroxyl groups is 2. The number of aliphatic carboxylic acids is 2.